The van der Waals surface area contributed by atoms with Gasteiger partial charge in [-0.25, -0.2) is 4.98 Å². The average molecular weight is 302 g/mol. The molecule has 0 spiro atoms. The first-order valence-electron chi connectivity index (χ1n) is 7.91. The first kappa shape index (κ1) is 13.2. The molecule has 2 aliphatic heterocycles. The van der Waals surface area contributed by atoms with Gasteiger partial charge in [-0.1, -0.05) is 11.6 Å². The Morgan fingerprint density at radius 1 is 0.857 bits per heavy atom. The summed E-state index contributed by atoms with van der Waals surface area (Å²) in [7, 11) is 0. The van der Waals surface area contributed by atoms with E-state index >= 15 is 0 Å². The molecule has 0 unspecified atom stereocenters. The lowest BCUT2D eigenvalue weighted by molar-refractivity contribution is 0.933. The molecule has 3 nitrogen and oxygen atoms in total. The molecule has 0 radical (unpaired) electrons. The van der Waals surface area contributed by atoms with Gasteiger partial charge in [0.05, 0.1) is 5.52 Å². The molecule has 1 aromatic heterocycles. The van der Waals surface area contributed by atoms with Gasteiger partial charge in [0.15, 0.2) is 0 Å². The highest BCUT2D eigenvalue weighted by molar-refractivity contribution is 6.31. The third kappa shape index (κ3) is 2.44. The van der Waals surface area contributed by atoms with Gasteiger partial charge in [0, 0.05) is 48.3 Å². The summed E-state index contributed by atoms with van der Waals surface area (Å²) >= 11 is 6.21. The van der Waals surface area contributed by atoms with E-state index in [0.717, 1.165) is 42.5 Å². The summed E-state index contributed by atoms with van der Waals surface area (Å²) in [6.07, 6.45) is 5.12. The summed E-state index contributed by atoms with van der Waals surface area (Å²) in [6, 6.07) is 8.33. The number of fused-ring (bicyclic) bond motifs is 1. The van der Waals surface area contributed by atoms with Gasteiger partial charge in [0.25, 0.3) is 0 Å². The second-order valence-corrected chi connectivity index (χ2v) is 6.49. The maximum absolute atomic E-state index is 6.21. The number of pyridine rings is 1. The van der Waals surface area contributed by atoms with Gasteiger partial charge in [-0.2, -0.15) is 0 Å². The molecule has 2 saturated heterocycles. The summed E-state index contributed by atoms with van der Waals surface area (Å²) in [4.78, 5) is 9.77. The van der Waals surface area contributed by atoms with Gasteiger partial charge in [-0.15, -0.1) is 0 Å². The highest BCUT2D eigenvalue weighted by Crippen LogP contribution is 2.34. The van der Waals surface area contributed by atoms with Gasteiger partial charge >= 0.3 is 0 Å². The lowest BCUT2D eigenvalue weighted by atomic mass is 10.1. The topological polar surface area (TPSA) is 19.4 Å². The van der Waals surface area contributed by atoms with Crippen molar-refractivity contribution >= 4 is 34.0 Å². The fraction of sp³-hybridized carbons (Fsp3) is 0.471. The SMILES string of the molecule is Clc1ccc2nc(N3CCCC3)cc(N3CCCC3)c2c1. The molecule has 4 rings (SSSR count). The third-order valence-corrected chi connectivity index (χ3v) is 4.85. The van der Waals surface area contributed by atoms with Crippen molar-refractivity contribution in [1.82, 2.24) is 4.98 Å². The fourth-order valence-corrected chi connectivity index (χ4v) is 3.67. The maximum atomic E-state index is 6.21. The van der Waals surface area contributed by atoms with E-state index in [9.17, 15) is 0 Å². The van der Waals surface area contributed by atoms with Crippen LogP contribution < -0.4 is 9.80 Å². The smallest absolute Gasteiger partial charge is 0.131 e. The van der Waals surface area contributed by atoms with Gasteiger partial charge in [0.2, 0.25) is 0 Å². The van der Waals surface area contributed by atoms with E-state index in [4.69, 9.17) is 16.6 Å². The molecule has 2 fully saturated rings. The van der Waals surface area contributed by atoms with Gasteiger partial charge < -0.3 is 9.80 Å². The van der Waals surface area contributed by atoms with Crippen LogP contribution in [0.5, 0.6) is 0 Å². The Bertz CT molecular complexity index is 658. The van der Waals surface area contributed by atoms with Crippen molar-refractivity contribution in [2.75, 3.05) is 36.0 Å². The number of nitrogens with zero attached hydrogens (tertiary/aromatic N) is 3. The normalized spacial score (nSPS) is 18.9. The van der Waals surface area contributed by atoms with Crippen molar-refractivity contribution < 1.29 is 0 Å². The highest BCUT2D eigenvalue weighted by atomic mass is 35.5. The van der Waals surface area contributed by atoms with Crippen LogP contribution in [0, 0.1) is 0 Å². The Kier molecular flexibility index (Phi) is 3.38. The summed E-state index contributed by atoms with van der Waals surface area (Å²) in [5.41, 5.74) is 2.37. The van der Waals surface area contributed by atoms with Gasteiger partial charge in [0.1, 0.15) is 5.82 Å². The highest BCUT2D eigenvalue weighted by Gasteiger charge is 2.20. The number of rotatable bonds is 2. The summed E-state index contributed by atoms with van der Waals surface area (Å²) in [5.74, 6) is 1.13. The summed E-state index contributed by atoms with van der Waals surface area (Å²) in [5, 5.41) is 1.98. The van der Waals surface area contributed by atoms with E-state index in [0.29, 0.717) is 0 Å². The fourth-order valence-electron chi connectivity index (χ4n) is 3.49. The van der Waals surface area contributed by atoms with E-state index in [1.165, 1.54) is 36.8 Å². The van der Waals surface area contributed by atoms with E-state index in [2.05, 4.69) is 28.0 Å². The number of aromatic nitrogens is 1. The zero-order chi connectivity index (χ0) is 14.2. The summed E-state index contributed by atoms with van der Waals surface area (Å²) in [6.45, 7) is 4.55. The molecule has 4 heteroatoms. The minimum absolute atomic E-state index is 0.790. The van der Waals surface area contributed by atoms with Crippen LogP contribution in [-0.2, 0) is 0 Å². The van der Waals surface area contributed by atoms with Crippen LogP contribution >= 0.6 is 11.6 Å². The predicted octanol–water partition coefficient (Wildman–Crippen LogP) is 4.09. The van der Waals surface area contributed by atoms with E-state index in [1.807, 2.05) is 6.07 Å². The molecular weight excluding hydrogens is 282 g/mol. The van der Waals surface area contributed by atoms with Crippen molar-refractivity contribution in [1.29, 1.82) is 0 Å². The van der Waals surface area contributed by atoms with Crippen molar-refractivity contribution in [3.8, 4) is 0 Å². The molecule has 2 aromatic rings. The Morgan fingerprint density at radius 2 is 1.52 bits per heavy atom. The van der Waals surface area contributed by atoms with Crippen molar-refractivity contribution in [2.24, 2.45) is 0 Å². The van der Waals surface area contributed by atoms with E-state index in [-0.39, 0.29) is 0 Å². The van der Waals surface area contributed by atoms with Crippen molar-refractivity contribution in [2.45, 2.75) is 25.7 Å². The van der Waals surface area contributed by atoms with Crippen LogP contribution in [0.3, 0.4) is 0 Å². The first-order valence-corrected chi connectivity index (χ1v) is 8.29. The molecule has 21 heavy (non-hydrogen) atoms. The molecule has 110 valence electrons. The van der Waals surface area contributed by atoms with Crippen LogP contribution in [0.1, 0.15) is 25.7 Å². The second-order valence-electron chi connectivity index (χ2n) is 6.05. The van der Waals surface area contributed by atoms with Crippen LogP contribution in [0.2, 0.25) is 5.02 Å². The molecule has 1 aromatic carbocycles. The lowest BCUT2D eigenvalue weighted by Crippen LogP contribution is -2.22. The van der Waals surface area contributed by atoms with Crippen LogP contribution in [-0.4, -0.2) is 31.2 Å². The van der Waals surface area contributed by atoms with Gasteiger partial charge in [-0.3, -0.25) is 0 Å². The molecule has 0 saturated carbocycles. The maximum Gasteiger partial charge on any atom is 0.131 e. The van der Waals surface area contributed by atoms with Crippen molar-refractivity contribution in [3.05, 3.63) is 29.3 Å². The van der Waals surface area contributed by atoms with Gasteiger partial charge in [-0.05, 0) is 43.9 Å². The monoisotopic (exact) mass is 301 g/mol. The standard InChI is InChI=1S/C17H20ClN3/c18-13-5-6-15-14(11-13)16(20-7-1-2-8-20)12-17(19-15)21-9-3-4-10-21/h5-6,11-12H,1-4,7-10H2. The zero-order valence-electron chi connectivity index (χ0n) is 12.2. The molecule has 0 atom stereocenters. The van der Waals surface area contributed by atoms with E-state index in [1.54, 1.807) is 0 Å². The largest absolute Gasteiger partial charge is 0.371 e. The molecule has 0 N–H and O–H groups in total. The lowest BCUT2D eigenvalue weighted by Gasteiger charge is -2.24. The Labute approximate surface area is 130 Å². The number of benzene rings is 1. The van der Waals surface area contributed by atoms with Crippen LogP contribution in [0.15, 0.2) is 24.3 Å². The van der Waals surface area contributed by atoms with Crippen molar-refractivity contribution in [3.63, 3.8) is 0 Å². The summed E-state index contributed by atoms with van der Waals surface area (Å²) < 4.78 is 0. The van der Waals surface area contributed by atoms with Crippen LogP contribution in [0.25, 0.3) is 10.9 Å². The molecular formula is C17H20ClN3. The minimum Gasteiger partial charge on any atom is -0.371 e. The quantitative estimate of drug-likeness (QED) is 0.833. The number of hydrogen-bond acceptors (Lipinski definition) is 3. The van der Waals surface area contributed by atoms with E-state index < -0.39 is 0 Å². The number of hydrogen-bond donors (Lipinski definition) is 0. The Balaban J connectivity index is 1.87. The Morgan fingerprint density at radius 3 is 2.24 bits per heavy atom. The molecule has 0 aliphatic carbocycles. The third-order valence-electron chi connectivity index (χ3n) is 4.61. The second kappa shape index (κ2) is 5.38. The molecule has 3 heterocycles. The molecule has 2 aliphatic rings. The number of halogens is 1. The molecule has 0 amide bonds. The Hall–Kier alpha value is -1.48. The van der Waals surface area contributed by atoms with Crippen LogP contribution in [0.4, 0.5) is 11.5 Å². The zero-order valence-corrected chi connectivity index (χ0v) is 12.9. The number of anilines is 2. The minimum atomic E-state index is 0.790. The molecule has 0 bridgehead atoms. The first-order chi connectivity index (χ1) is 10.3. The predicted molar refractivity (Wildman–Crippen MR) is 89.6 cm³/mol. The average Bonchev–Trinajstić information content (AvgIpc) is 3.19.